The third-order valence-electron chi connectivity index (χ3n) is 3.49. The molecule has 118 valence electrons. The van der Waals surface area contributed by atoms with Crippen LogP contribution < -0.4 is 4.72 Å². The van der Waals surface area contributed by atoms with Crippen LogP contribution in [0.4, 0.5) is 11.4 Å². The van der Waals surface area contributed by atoms with Gasteiger partial charge >= 0.3 is 0 Å². The van der Waals surface area contributed by atoms with Gasteiger partial charge < -0.3 is 4.98 Å². The van der Waals surface area contributed by atoms with E-state index in [1.165, 1.54) is 12.1 Å². The summed E-state index contributed by atoms with van der Waals surface area (Å²) in [5.74, 6) is 0. The minimum absolute atomic E-state index is 0.149. The summed E-state index contributed by atoms with van der Waals surface area (Å²) in [6.45, 7) is 1.56. The molecule has 3 rings (SSSR count). The van der Waals surface area contributed by atoms with Gasteiger partial charge in [0, 0.05) is 34.4 Å². The zero-order chi connectivity index (χ0) is 16.6. The Morgan fingerprint density at radius 2 is 1.91 bits per heavy atom. The third-order valence-corrected chi connectivity index (χ3v) is 4.87. The second kappa shape index (κ2) is 5.40. The SMILES string of the molecule is Cc1ccc(S(=O)(=O)Nc2ccc3[nH]ccc3c2)cc1[N+](=O)[O-]. The summed E-state index contributed by atoms with van der Waals surface area (Å²) in [5, 5.41) is 11.8. The number of aromatic amines is 1. The highest BCUT2D eigenvalue weighted by Gasteiger charge is 2.20. The maximum Gasteiger partial charge on any atom is 0.273 e. The molecular weight excluding hydrogens is 318 g/mol. The number of fused-ring (bicyclic) bond motifs is 1. The fraction of sp³-hybridized carbons (Fsp3) is 0.0667. The first kappa shape index (κ1) is 15.0. The number of anilines is 1. The number of aromatic nitrogens is 1. The van der Waals surface area contributed by atoms with Crippen molar-refractivity contribution in [2.75, 3.05) is 4.72 Å². The van der Waals surface area contributed by atoms with Gasteiger partial charge in [0.2, 0.25) is 0 Å². The number of aryl methyl sites for hydroxylation is 1. The van der Waals surface area contributed by atoms with Crippen molar-refractivity contribution in [2.24, 2.45) is 0 Å². The lowest BCUT2D eigenvalue weighted by molar-refractivity contribution is -0.385. The quantitative estimate of drug-likeness (QED) is 0.565. The van der Waals surface area contributed by atoms with Crippen LogP contribution in [0.15, 0.2) is 53.6 Å². The highest BCUT2D eigenvalue weighted by molar-refractivity contribution is 7.92. The van der Waals surface area contributed by atoms with E-state index in [0.717, 1.165) is 17.0 Å². The maximum atomic E-state index is 12.4. The monoisotopic (exact) mass is 331 g/mol. The molecule has 0 aliphatic heterocycles. The first-order chi connectivity index (χ1) is 10.9. The number of benzene rings is 2. The van der Waals surface area contributed by atoms with E-state index in [0.29, 0.717) is 11.3 Å². The van der Waals surface area contributed by atoms with Crippen LogP contribution in [0.2, 0.25) is 0 Å². The number of nitrogens with zero attached hydrogens (tertiary/aromatic N) is 1. The Kier molecular flexibility index (Phi) is 3.53. The van der Waals surface area contributed by atoms with Gasteiger partial charge in [-0.1, -0.05) is 6.07 Å². The number of hydrogen-bond donors (Lipinski definition) is 2. The molecule has 8 heteroatoms. The predicted octanol–water partition coefficient (Wildman–Crippen LogP) is 3.19. The lowest BCUT2D eigenvalue weighted by Gasteiger charge is -2.09. The summed E-state index contributed by atoms with van der Waals surface area (Å²) in [7, 11) is -3.90. The molecule has 2 N–H and O–H groups in total. The van der Waals surface area contributed by atoms with Crippen LogP contribution in [0.5, 0.6) is 0 Å². The molecule has 0 aliphatic rings. The van der Waals surface area contributed by atoms with E-state index in [2.05, 4.69) is 9.71 Å². The molecule has 2 aromatic carbocycles. The summed E-state index contributed by atoms with van der Waals surface area (Å²) in [6, 6.07) is 10.7. The van der Waals surface area contributed by atoms with E-state index in [4.69, 9.17) is 0 Å². The highest BCUT2D eigenvalue weighted by Crippen LogP contribution is 2.25. The first-order valence-corrected chi connectivity index (χ1v) is 8.20. The number of rotatable bonds is 4. The number of nitrogens with one attached hydrogen (secondary N) is 2. The number of sulfonamides is 1. The predicted molar refractivity (Wildman–Crippen MR) is 86.9 cm³/mol. The molecule has 0 saturated carbocycles. The minimum Gasteiger partial charge on any atom is -0.361 e. The molecule has 1 aromatic heterocycles. The standard InChI is InChI=1S/C15H13N3O4S/c1-10-2-4-13(9-15(10)18(19)20)23(21,22)17-12-3-5-14-11(8-12)6-7-16-14/h2-9,16-17H,1H3. The van der Waals surface area contributed by atoms with Crippen LogP contribution in [-0.4, -0.2) is 18.3 Å². The average Bonchev–Trinajstić information content (AvgIpc) is 2.94. The summed E-state index contributed by atoms with van der Waals surface area (Å²) in [5.41, 5.74) is 1.45. The van der Waals surface area contributed by atoms with Gasteiger partial charge in [0.1, 0.15) is 0 Å². The molecule has 0 fully saturated rings. The van der Waals surface area contributed by atoms with Crippen molar-refractivity contribution in [3.63, 3.8) is 0 Å². The first-order valence-electron chi connectivity index (χ1n) is 6.72. The van der Waals surface area contributed by atoms with Crippen LogP contribution >= 0.6 is 0 Å². The molecule has 1 heterocycles. The third kappa shape index (κ3) is 2.88. The molecule has 3 aromatic rings. The van der Waals surface area contributed by atoms with Crippen molar-refractivity contribution in [1.82, 2.24) is 4.98 Å². The van der Waals surface area contributed by atoms with Gasteiger partial charge in [-0.2, -0.15) is 0 Å². The molecule has 0 saturated heterocycles. The Balaban J connectivity index is 1.98. The molecule has 0 atom stereocenters. The number of nitro groups is 1. The number of hydrogen-bond acceptors (Lipinski definition) is 4. The van der Waals surface area contributed by atoms with Gasteiger partial charge in [-0.25, -0.2) is 8.42 Å². The van der Waals surface area contributed by atoms with Crippen LogP contribution in [0.1, 0.15) is 5.56 Å². The molecule has 0 radical (unpaired) electrons. The van der Waals surface area contributed by atoms with Gasteiger partial charge in [0.05, 0.1) is 9.82 Å². The van der Waals surface area contributed by atoms with E-state index in [1.807, 2.05) is 6.07 Å². The smallest absolute Gasteiger partial charge is 0.273 e. The lowest BCUT2D eigenvalue weighted by atomic mass is 10.2. The van der Waals surface area contributed by atoms with Crippen molar-refractivity contribution in [3.05, 3.63) is 64.3 Å². The van der Waals surface area contributed by atoms with Crippen LogP contribution in [-0.2, 0) is 10.0 Å². The Morgan fingerprint density at radius 1 is 1.13 bits per heavy atom. The molecular formula is C15H13N3O4S. The Morgan fingerprint density at radius 3 is 2.65 bits per heavy atom. The molecule has 7 nitrogen and oxygen atoms in total. The van der Waals surface area contributed by atoms with Crippen LogP contribution in [0.25, 0.3) is 10.9 Å². The van der Waals surface area contributed by atoms with Gasteiger partial charge in [-0.3, -0.25) is 14.8 Å². The molecule has 23 heavy (non-hydrogen) atoms. The zero-order valence-electron chi connectivity index (χ0n) is 12.1. The fourth-order valence-electron chi connectivity index (χ4n) is 2.28. The zero-order valence-corrected chi connectivity index (χ0v) is 12.9. The van der Waals surface area contributed by atoms with Gasteiger partial charge in [0.15, 0.2) is 0 Å². The van der Waals surface area contributed by atoms with E-state index >= 15 is 0 Å². The minimum atomic E-state index is -3.90. The largest absolute Gasteiger partial charge is 0.361 e. The fourth-order valence-corrected chi connectivity index (χ4v) is 3.35. The van der Waals surface area contributed by atoms with Gasteiger partial charge in [0.25, 0.3) is 15.7 Å². The molecule has 0 unspecified atom stereocenters. The second-order valence-electron chi connectivity index (χ2n) is 5.09. The summed E-state index contributed by atoms with van der Waals surface area (Å²) in [4.78, 5) is 13.2. The summed E-state index contributed by atoms with van der Waals surface area (Å²) < 4.78 is 27.3. The topological polar surface area (TPSA) is 105 Å². The summed E-state index contributed by atoms with van der Waals surface area (Å²) in [6.07, 6.45) is 1.76. The number of nitro benzene ring substituents is 1. The molecule has 0 aliphatic carbocycles. The summed E-state index contributed by atoms with van der Waals surface area (Å²) >= 11 is 0. The second-order valence-corrected chi connectivity index (χ2v) is 6.77. The van der Waals surface area contributed by atoms with E-state index in [9.17, 15) is 18.5 Å². The Hall–Kier alpha value is -2.87. The molecule has 0 spiro atoms. The van der Waals surface area contributed by atoms with Gasteiger partial charge in [-0.15, -0.1) is 0 Å². The van der Waals surface area contributed by atoms with E-state index < -0.39 is 14.9 Å². The van der Waals surface area contributed by atoms with Crippen molar-refractivity contribution in [3.8, 4) is 0 Å². The molecule has 0 bridgehead atoms. The maximum absolute atomic E-state index is 12.4. The van der Waals surface area contributed by atoms with Crippen molar-refractivity contribution >= 4 is 32.3 Å². The Labute approximate surface area is 132 Å². The van der Waals surface area contributed by atoms with Crippen molar-refractivity contribution in [1.29, 1.82) is 0 Å². The van der Waals surface area contributed by atoms with E-state index in [-0.39, 0.29) is 10.6 Å². The number of H-pyrrole nitrogens is 1. The average molecular weight is 331 g/mol. The van der Waals surface area contributed by atoms with Gasteiger partial charge in [-0.05, 0) is 37.3 Å². The van der Waals surface area contributed by atoms with Crippen LogP contribution in [0.3, 0.4) is 0 Å². The van der Waals surface area contributed by atoms with Crippen molar-refractivity contribution < 1.29 is 13.3 Å². The normalized spacial score (nSPS) is 11.5. The molecule has 0 amide bonds. The Bertz CT molecular complexity index is 1010. The van der Waals surface area contributed by atoms with E-state index in [1.54, 1.807) is 31.3 Å². The van der Waals surface area contributed by atoms with Crippen LogP contribution in [0, 0.1) is 17.0 Å². The highest BCUT2D eigenvalue weighted by atomic mass is 32.2. The van der Waals surface area contributed by atoms with Crippen molar-refractivity contribution in [2.45, 2.75) is 11.8 Å². The lowest BCUT2D eigenvalue weighted by Crippen LogP contribution is -2.13.